The van der Waals surface area contributed by atoms with Crippen molar-refractivity contribution in [1.29, 1.82) is 5.26 Å². The number of nitrogens with zero attached hydrogens (tertiary/aromatic N) is 3. The van der Waals surface area contributed by atoms with Crippen LogP contribution in [0.1, 0.15) is 5.56 Å². The number of hydrogen-bond acceptors (Lipinski definition) is 2. The fourth-order valence-corrected chi connectivity index (χ4v) is 2.14. The van der Waals surface area contributed by atoms with Gasteiger partial charge in [-0.25, -0.2) is 0 Å². The number of fused-ring (bicyclic) bond motifs is 1. The molecule has 0 amide bonds. The molecule has 0 atom stereocenters. The van der Waals surface area contributed by atoms with Gasteiger partial charge < -0.3 is 4.57 Å². The quantitative estimate of drug-likeness (QED) is 0.648. The Morgan fingerprint density at radius 1 is 1.11 bits per heavy atom. The van der Waals surface area contributed by atoms with Crippen molar-refractivity contribution in [3.8, 4) is 17.2 Å². The topological polar surface area (TPSA) is 41.6 Å². The van der Waals surface area contributed by atoms with Crippen LogP contribution in [0.3, 0.4) is 0 Å². The summed E-state index contributed by atoms with van der Waals surface area (Å²) in [5.74, 6) is 0. The number of benzene rings is 1. The van der Waals surface area contributed by atoms with Gasteiger partial charge in [0.15, 0.2) is 0 Å². The predicted octanol–water partition coefficient (Wildman–Crippen LogP) is 3.11. The van der Waals surface area contributed by atoms with Crippen molar-refractivity contribution >= 4 is 10.9 Å². The molecule has 18 heavy (non-hydrogen) atoms. The van der Waals surface area contributed by atoms with Crippen molar-refractivity contribution in [3.05, 3.63) is 54.5 Å². The number of aryl methyl sites for hydroxylation is 1. The number of nitriles is 1. The standard InChI is InChI=1S/C15H11N3/c1-18-7-6-13-14(9-17-10-15(13)18)12-4-2-11(8-16)3-5-12/h2-7,9-10H,1H3. The largest absolute Gasteiger partial charge is 0.349 e. The molecule has 0 saturated carbocycles. The maximum Gasteiger partial charge on any atom is 0.0991 e. The van der Waals surface area contributed by atoms with Crippen molar-refractivity contribution in [1.82, 2.24) is 9.55 Å². The van der Waals surface area contributed by atoms with E-state index in [0.29, 0.717) is 5.56 Å². The van der Waals surface area contributed by atoms with Crippen molar-refractivity contribution in [2.75, 3.05) is 0 Å². The summed E-state index contributed by atoms with van der Waals surface area (Å²) in [5.41, 5.74) is 3.96. The number of rotatable bonds is 1. The minimum absolute atomic E-state index is 0.673. The molecule has 3 heteroatoms. The van der Waals surface area contributed by atoms with Crippen molar-refractivity contribution < 1.29 is 0 Å². The molecule has 0 spiro atoms. The second kappa shape index (κ2) is 4.01. The van der Waals surface area contributed by atoms with Gasteiger partial charge >= 0.3 is 0 Å². The van der Waals surface area contributed by atoms with E-state index in [-0.39, 0.29) is 0 Å². The Bertz CT molecular complexity index is 745. The lowest BCUT2D eigenvalue weighted by Crippen LogP contribution is -1.87. The van der Waals surface area contributed by atoms with Crippen LogP contribution < -0.4 is 0 Å². The molecule has 2 aromatic heterocycles. The van der Waals surface area contributed by atoms with Gasteiger partial charge in [-0.05, 0) is 23.8 Å². The Morgan fingerprint density at radius 2 is 1.89 bits per heavy atom. The Labute approximate surface area is 105 Å². The molecular weight excluding hydrogens is 222 g/mol. The van der Waals surface area contributed by atoms with E-state index >= 15 is 0 Å². The normalized spacial score (nSPS) is 10.4. The van der Waals surface area contributed by atoms with Crippen LogP contribution in [-0.2, 0) is 7.05 Å². The van der Waals surface area contributed by atoms with E-state index in [1.807, 2.05) is 49.9 Å². The maximum absolute atomic E-state index is 8.81. The lowest BCUT2D eigenvalue weighted by atomic mass is 10.0. The third-order valence-electron chi connectivity index (χ3n) is 3.14. The molecule has 0 radical (unpaired) electrons. The summed E-state index contributed by atoms with van der Waals surface area (Å²) < 4.78 is 2.05. The van der Waals surface area contributed by atoms with E-state index in [1.165, 1.54) is 5.39 Å². The van der Waals surface area contributed by atoms with Crippen LogP contribution in [0.15, 0.2) is 48.9 Å². The summed E-state index contributed by atoms with van der Waals surface area (Å²) in [6.07, 6.45) is 5.76. The average molecular weight is 233 g/mol. The van der Waals surface area contributed by atoms with E-state index in [2.05, 4.69) is 21.7 Å². The van der Waals surface area contributed by atoms with Crippen molar-refractivity contribution in [2.45, 2.75) is 0 Å². The van der Waals surface area contributed by atoms with Crippen LogP contribution in [0.4, 0.5) is 0 Å². The Morgan fingerprint density at radius 3 is 2.61 bits per heavy atom. The molecule has 0 saturated heterocycles. The highest BCUT2D eigenvalue weighted by atomic mass is 14.9. The first-order chi connectivity index (χ1) is 8.79. The zero-order valence-electron chi connectivity index (χ0n) is 9.96. The van der Waals surface area contributed by atoms with Gasteiger partial charge in [0.2, 0.25) is 0 Å². The van der Waals surface area contributed by atoms with Crippen molar-refractivity contribution in [3.63, 3.8) is 0 Å². The van der Waals surface area contributed by atoms with Crippen molar-refractivity contribution in [2.24, 2.45) is 7.05 Å². The predicted molar refractivity (Wildman–Crippen MR) is 70.9 cm³/mol. The van der Waals surface area contributed by atoms with Gasteiger partial charge in [-0.15, -0.1) is 0 Å². The summed E-state index contributed by atoms with van der Waals surface area (Å²) in [6.45, 7) is 0. The monoisotopic (exact) mass is 233 g/mol. The molecule has 0 unspecified atom stereocenters. The van der Waals surface area contributed by atoms with E-state index in [4.69, 9.17) is 5.26 Å². The smallest absolute Gasteiger partial charge is 0.0991 e. The molecule has 0 aliphatic heterocycles. The van der Waals surface area contributed by atoms with Gasteiger partial charge in [0, 0.05) is 30.4 Å². The molecule has 1 aromatic carbocycles. The zero-order chi connectivity index (χ0) is 12.5. The van der Waals surface area contributed by atoms with Gasteiger partial charge in [-0.3, -0.25) is 4.98 Å². The van der Waals surface area contributed by atoms with Crippen LogP contribution in [0.5, 0.6) is 0 Å². The highest BCUT2D eigenvalue weighted by Gasteiger charge is 2.06. The van der Waals surface area contributed by atoms with E-state index in [9.17, 15) is 0 Å². The van der Waals surface area contributed by atoms with Gasteiger partial charge in [0.1, 0.15) is 0 Å². The lowest BCUT2D eigenvalue weighted by molar-refractivity contribution is 0.965. The van der Waals surface area contributed by atoms with Gasteiger partial charge in [-0.2, -0.15) is 5.26 Å². The zero-order valence-corrected chi connectivity index (χ0v) is 9.96. The Balaban J connectivity index is 2.22. The molecule has 3 nitrogen and oxygen atoms in total. The second-order valence-corrected chi connectivity index (χ2v) is 4.24. The summed E-state index contributed by atoms with van der Waals surface area (Å²) in [4.78, 5) is 4.28. The fourth-order valence-electron chi connectivity index (χ4n) is 2.14. The first-order valence-corrected chi connectivity index (χ1v) is 5.69. The summed E-state index contributed by atoms with van der Waals surface area (Å²) in [7, 11) is 2.01. The molecule has 3 rings (SSSR count). The first kappa shape index (κ1) is 10.5. The van der Waals surface area contributed by atoms with Crippen LogP contribution in [0.25, 0.3) is 22.0 Å². The van der Waals surface area contributed by atoms with E-state index < -0.39 is 0 Å². The van der Waals surface area contributed by atoms with Crippen LogP contribution in [0, 0.1) is 11.3 Å². The molecule has 86 valence electrons. The molecule has 0 aliphatic rings. The summed E-state index contributed by atoms with van der Waals surface area (Å²) >= 11 is 0. The van der Waals surface area contributed by atoms with Crippen LogP contribution in [-0.4, -0.2) is 9.55 Å². The number of aromatic nitrogens is 2. The fraction of sp³-hybridized carbons (Fsp3) is 0.0667. The first-order valence-electron chi connectivity index (χ1n) is 5.69. The van der Waals surface area contributed by atoms with E-state index in [1.54, 1.807) is 0 Å². The highest BCUT2D eigenvalue weighted by molar-refractivity contribution is 5.94. The molecule has 0 fully saturated rings. The number of pyridine rings is 1. The summed E-state index contributed by atoms with van der Waals surface area (Å²) in [5, 5.41) is 9.99. The minimum Gasteiger partial charge on any atom is -0.349 e. The maximum atomic E-state index is 8.81. The Hall–Kier alpha value is -2.60. The van der Waals surface area contributed by atoms with Gasteiger partial charge in [-0.1, -0.05) is 12.1 Å². The molecular formula is C15H11N3. The molecule has 3 aromatic rings. The summed E-state index contributed by atoms with van der Waals surface area (Å²) in [6, 6.07) is 11.8. The highest BCUT2D eigenvalue weighted by Crippen LogP contribution is 2.28. The SMILES string of the molecule is Cn1ccc2c(-c3ccc(C#N)cc3)cncc21. The second-order valence-electron chi connectivity index (χ2n) is 4.24. The Kier molecular flexibility index (Phi) is 2.35. The molecule has 0 bridgehead atoms. The van der Waals surface area contributed by atoms with Gasteiger partial charge in [0.25, 0.3) is 0 Å². The molecule has 2 heterocycles. The molecule has 0 N–H and O–H groups in total. The third-order valence-corrected chi connectivity index (χ3v) is 3.14. The lowest BCUT2D eigenvalue weighted by Gasteiger charge is -2.04. The minimum atomic E-state index is 0.673. The van der Waals surface area contributed by atoms with Crippen LogP contribution in [0.2, 0.25) is 0 Å². The van der Waals surface area contributed by atoms with E-state index in [0.717, 1.165) is 16.6 Å². The number of hydrogen-bond donors (Lipinski definition) is 0. The van der Waals surface area contributed by atoms with Gasteiger partial charge in [0.05, 0.1) is 23.3 Å². The third kappa shape index (κ3) is 1.56. The molecule has 0 aliphatic carbocycles. The van der Waals surface area contributed by atoms with Crippen LogP contribution >= 0.6 is 0 Å². The average Bonchev–Trinajstić information content (AvgIpc) is 2.81.